The molecule has 1 heterocycles. The number of carboxylic acids is 1. The van der Waals surface area contributed by atoms with Crippen LogP contribution in [0.3, 0.4) is 0 Å². The zero-order valence-corrected chi connectivity index (χ0v) is 8.22. The molecular formula is C11H16NO2+. The van der Waals surface area contributed by atoms with E-state index in [-0.39, 0.29) is 0 Å². The first-order valence-corrected chi connectivity index (χ1v) is 4.95. The van der Waals surface area contributed by atoms with Gasteiger partial charge in [-0.15, -0.1) is 0 Å². The minimum Gasteiger partial charge on any atom is -0.481 e. The van der Waals surface area contributed by atoms with Crippen molar-refractivity contribution in [1.82, 2.24) is 0 Å². The van der Waals surface area contributed by atoms with E-state index in [2.05, 4.69) is 4.57 Å². The van der Waals surface area contributed by atoms with Crippen molar-refractivity contribution in [2.24, 2.45) is 0 Å². The standard InChI is InChI=1S/C11H15NO2/c13-11(14)7-3-1-4-8-12-9-5-2-6-10-12/h2,5-6,9-10H,1,3-4,7-8H2/p+1. The van der Waals surface area contributed by atoms with Crippen LogP contribution < -0.4 is 4.57 Å². The molecule has 0 aromatic carbocycles. The molecule has 0 fully saturated rings. The molecule has 1 aromatic rings. The summed E-state index contributed by atoms with van der Waals surface area (Å²) in [5.74, 6) is -0.697. The Labute approximate surface area is 84.0 Å². The number of aryl methyl sites for hydroxylation is 1. The third kappa shape index (κ3) is 4.60. The predicted octanol–water partition coefficient (Wildman–Crippen LogP) is 1.62. The molecule has 0 saturated carbocycles. The highest BCUT2D eigenvalue weighted by molar-refractivity contribution is 5.66. The molecule has 0 amide bonds. The van der Waals surface area contributed by atoms with Crippen LogP contribution in [-0.4, -0.2) is 11.1 Å². The first kappa shape index (κ1) is 10.7. The van der Waals surface area contributed by atoms with Gasteiger partial charge >= 0.3 is 5.97 Å². The SMILES string of the molecule is O=C(O)CCCCC[n+]1ccccc1. The molecule has 0 saturated heterocycles. The average molecular weight is 194 g/mol. The van der Waals surface area contributed by atoms with Gasteiger partial charge in [0.25, 0.3) is 0 Å². The van der Waals surface area contributed by atoms with Gasteiger partial charge in [-0.2, -0.15) is 0 Å². The van der Waals surface area contributed by atoms with Gasteiger partial charge in [0.2, 0.25) is 0 Å². The van der Waals surface area contributed by atoms with E-state index in [4.69, 9.17) is 5.11 Å². The third-order valence-corrected chi connectivity index (χ3v) is 2.08. The molecule has 3 nitrogen and oxygen atoms in total. The van der Waals surface area contributed by atoms with Crippen molar-refractivity contribution >= 4 is 5.97 Å². The molecule has 0 aliphatic carbocycles. The van der Waals surface area contributed by atoms with Gasteiger partial charge in [-0.1, -0.05) is 6.07 Å². The molecular weight excluding hydrogens is 178 g/mol. The van der Waals surface area contributed by atoms with Gasteiger partial charge in [0, 0.05) is 25.0 Å². The lowest BCUT2D eigenvalue weighted by molar-refractivity contribution is -0.697. The van der Waals surface area contributed by atoms with Crippen molar-refractivity contribution in [2.45, 2.75) is 32.2 Å². The maximum absolute atomic E-state index is 10.2. The van der Waals surface area contributed by atoms with Crippen LogP contribution in [0.25, 0.3) is 0 Å². The molecule has 0 aliphatic rings. The predicted molar refractivity (Wildman–Crippen MR) is 52.7 cm³/mol. The fourth-order valence-corrected chi connectivity index (χ4v) is 1.33. The minimum absolute atomic E-state index is 0.291. The normalized spacial score (nSPS) is 10.0. The number of carbonyl (C=O) groups is 1. The van der Waals surface area contributed by atoms with Crippen LogP contribution in [0.5, 0.6) is 0 Å². The van der Waals surface area contributed by atoms with Crippen molar-refractivity contribution in [3.8, 4) is 0 Å². The highest BCUT2D eigenvalue weighted by atomic mass is 16.4. The summed E-state index contributed by atoms with van der Waals surface area (Å²) >= 11 is 0. The molecule has 1 N–H and O–H groups in total. The van der Waals surface area contributed by atoms with E-state index in [9.17, 15) is 4.79 Å². The summed E-state index contributed by atoms with van der Waals surface area (Å²) in [6.45, 7) is 0.973. The van der Waals surface area contributed by atoms with Gasteiger partial charge in [-0.25, -0.2) is 4.57 Å². The van der Waals surface area contributed by atoms with E-state index in [1.54, 1.807) is 0 Å². The second-order valence-corrected chi connectivity index (χ2v) is 3.32. The number of pyridine rings is 1. The Morgan fingerprint density at radius 1 is 1.07 bits per heavy atom. The second kappa shape index (κ2) is 6.13. The molecule has 1 aromatic heterocycles. The number of nitrogens with zero attached hydrogens (tertiary/aromatic N) is 1. The highest BCUT2D eigenvalue weighted by Crippen LogP contribution is 1.99. The number of hydrogen-bond acceptors (Lipinski definition) is 1. The molecule has 3 heteroatoms. The number of aromatic nitrogens is 1. The Morgan fingerprint density at radius 3 is 2.43 bits per heavy atom. The van der Waals surface area contributed by atoms with E-state index in [0.29, 0.717) is 6.42 Å². The minimum atomic E-state index is -0.697. The van der Waals surface area contributed by atoms with Gasteiger partial charge in [0.1, 0.15) is 6.54 Å². The Kier molecular flexibility index (Phi) is 4.69. The average Bonchev–Trinajstić information content (AvgIpc) is 2.18. The van der Waals surface area contributed by atoms with Crippen molar-refractivity contribution in [3.63, 3.8) is 0 Å². The molecule has 14 heavy (non-hydrogen) atoms. The van der Waals surface area contributed by atoms with E-state index in [1.165, 1.54) is 0 Å². The molecule has 0 unspecified atom stereocenters. The fourth-order valence-electron chi connectivity index (χ4n) is 1.33. The van der Waals surface area contributed by atoms with E-state index in [1.807, 2.05) is 30.6 Å². The number of rotatable bonds is 6. The summed E-state index contributed by atoms with van der Waals surface area (Å²) < 4.78 is 2.11. The second-order valence-electron chi connectivity index (χ2n) is 3.32. The van der Waals surface area contributed by atoms with Crippen LogP contribution in [0, 0.1) is 0 Å². The van der Waals surface area contributed by atoms with Crippen LogP contribution in [0.15, 0.2) is 30.6 Å². The number of hydrogen-bond donors (Lipinski definition) is 1. The van der Waals surface area contributed by atoms with E-state index in [0.717, 1.165) is 25.8 Å². The number of aliphatic carboxylic acids is 1. The van der Waals surface area contributed by atoms with Gasteiger partial charge in [0.05, 0.1) is 0 Å². The smallest absolute Gasteiger partial charge is 0.303 e. The zero-order valence-electron chi connectivity index (χ0n) is 8.22. The molecule has 0 radical (unpaired) electrons. The molecule has 76 valence electrons. The Balaban J connectivity index is 2.08. The molecule has 0 aliphatic heterocycles. The number of carboxylic acid groups (broad SMARTS) is 1. The van der Waals surface area contributed by atoms with Crippen LogP contribution in [-0.2, 0) is 11.3 Å². The van der Waals surface area contributed by atoms with Gasteiger partial charge in [0.15, 0.2) is 12.4 Å². The lowest BCUT2D eigenvalue weighted by Crippen LogP contribution is -2.32. The summed E-state index contributed by atoms with van der Waals surface area (Å²) in [5.41, 5.74) is 0. The van der Waals surface area contributed by atoms with Crippen LogP contribution in [0.2, 0.25) is 0 Å². The lowest BCUT2D eigenvalue weighted by atomic mass is 10.2. The fraction of sp³-hybridized carbons (Fsp3) is 0.455. The quantitative estimate of drug-likeness (QED) is 0.552. The summed E-state index contributed by atoms with van der Waals surface area (Å²) in [7, 11) is 0. The van der Waals surface area contributed by atoms with Gasteiger partial charge < -0.3 is 5.11 Å². The highest BCUT2D eigenvalue weighted by Gasteiger charge is 1.99. The van der Waals surface area contributed by atoms with Crippen LogP contribution >= 0.6 is 0 Å². The Bertz CT molecular complexity index is 272. The van der Waals surface area contributed by atoms with Crippen LogP contribution in [0.4, 0.5) is 0 Å². The summed E-state index contributed by atoms with van der Waals surface area (Å²) in [6.07, 6.45) is 7.15. The summed E-state index contributed by atoms with van der Waals surface area (Å²) in [6, 6.07) is 5.98. The first-order chi connectivity index (χ1) is 6.79. The molecule has 1 rings (SSSR count). The monoisotopic (exact) mass is 194 g/mol. The Morgan fingerprint density at radius 2 is 1.79 bits per heavy atom. The van der Waals surface area contributed by atoms with Crippen LogP contribution in [0.1, 0.15) is 25.7 Å². The van der Waals surface area contributed by atoms with Gasteiger partial charge in [-0.3, -0.25) is 4.79 Å². The zero-order chi connectivity index (χ0) is 10.2. The van der Waals surface area contributed by atoms with E-state index < -0.39 is 5.97 Å². The van der Waals surface area contributed by atoms with Crippen molar-refractivity contribution in [2.75, 3.05) is 0 Å². The van der Waals surface area contributed by atoms with Crippen molar-refractivity contribution < 1.29 is 14.5 Å². The van der Waals surface area contributed by atoms with E-state index >= 15 is 0 Å². The topological polar surface area (TPSA) is 41.2 Å². The lowest BCUT2D eigenvalue weighted by Gasteiger charge is -1.96. The molecule has 0 spiro atoms. The Hall–Kier alpha value is -1.38. The first-order valence-electron chi connectivity index (χ1n) is 4.95. The largest absolute Gasteiger partial charge is 0.481 e. The van der Waals surface area contributed by atoms with Crippen molar-refractivity contribution in [1.29, 1.82) is 0 Å². The number of unbranched alkanes of at least 4 members (excludes halogenated alkanes) is 2. The molecule has 0 atom stereocenters. The maximum atomic E-state index is 10.2. The van der Waals surface area contributed by atoms with Crippen molar-refractivity contribution in [3.05, 3.63) is 30.6 Å². The molecule has 0 bridgehead atoms. The van der Waals surface area contributed by atoms with Gasteiger partial charge in [-0.05, 0) is 12.8 Å². The summed E-state index contributed by atoms with van der Waals surface area (Å²) in [4.78, 5) is 10.2. The summed E-state index contributed by atoms with van der Waals surface area (Å²) in [5, 5.41) is 8.42. The maximum Gasteiger partial charge on any atom is 0.303 e. The third-order valence-electron chi connectivity index (χ3n) is 2.08.